The summed E-state index contributed by atoms with van der Waals surface area (Å²) < 4.78 is 5.08. The summed E-state index contributed by atoms with van der Waals surface area (Å²) in [7, 11) is 0. The number of anilines is 1. The van der Waals surface area contributed by atoms with Gasteiger partial charge in [-0.15, -0.1) is 10.2 Å². The number of nitrogens with two attached hydrogens (primary N) is 1. The van der Waals surface area contributed by atoms with Gasteiger partial charge in [0.15, 0.2) is 0 Å². The quantitative estimate of drug-likeness (QED) is 0.874. The van der Waals surface area contributed by atoms with E-state index in [1.54, 1.807) is 24.3 Å². The lowest BCUT2D eigenvalue weighted by molar-refractivity contribution is -0.117. The van der Waals surface area contributed by atoms with Gasteiger partial charge in [-0.25, -0.2) is 0 Å². The monoisotopic (exact) mass is 260 g/mol. The first-order valence-electron chi connectivity index (χ1n) is 5.89. The molecule has 2 aromatic rings. The number of nitrogens with zero attached hydrogens (tertiary/aromatic N) is 2. The maximum atomic E-state index is 11.7. The molecule has 6 heteroatoms. The molecule has 0 unspecified atom stereocenters. The average molecular weight is 260 g/mol. The van der Waals surface area contributed by atoms with Crippen LogP contribution in [0.15, 0.2) is 35.1 Å². The largest absolute Gasteiger partial charge is 0.423 e. The zero-order valence-electron chi connectivity index (χ0n) is 10.9. The third-order valence-electron chi connectivity index (χ3n) is 2.39. The second-order valence-corrected chi connectivity index (χ2v) is 5.03. The molecule has 1 amide bonds. The van der Waals surface area contributed by atoms with E-state index in [2.05, 4.69) is 15.5 Å². The van der Waals surface area contributed by atoms with Crippen LogP contribution in [0.1, 0.15) is 20.3 Å². The van der Waals surface area contributed by atoms with Crippen molar-refractivity contribution in [2.45, 2.75) is 25.8 Å². The molecule has 0 bridgehead atoms. The molecule has 2 rings (SSSR count). The van der Waals surface area contributed by atoms with Crippen LogP contribution in [-0.2, 0) is 4.79 Å². The summed E-state index contributed by atoms with van der Waals surface area (Å²) >= 11 is 0. The lowest BCUT2D eigenvalue weighted by Crippen LogP contribution is -2.36. The number of aromatic nitrogens is 2. The highest BCUT2D eigenvalue weighted by molar-refractivity contribution is 5.91. The van der Waals surface area contributed by atoms with Crippen LogP contribution in [0.3, 0.4) is 0 Å². The molecular formula is C13H16N4O2. The fourth-order valence-corrected chi connectivity index (χ4v) is 1.61. The van der Waals surface area contributed by atoms with E-state index in [4.69, 9.17) is 10.2 Å². The van der Waals surface area contributed by atoms with Crippen molar-refractivity contribution in [3.05, 3.63) is 30.7 Å². The molecule has 1 aromatic carbocycles. The highest BCUT2D eigenvalue weighted by atomic mass is 16.4. The number of carbonyl (C=O) groups is 1. The molecule has 100 valence electrons. The highest BCUT2D eigenvalue weighted by Crippen LogP contribution is 2.19. The van der Waals surface area contributed by atoms with Crippen LogP contribution in [-0.4, -0.2) is 21.6 Å². The first-order valence-corrected chi connectivity index (χ1v) is 5.89. The molecule has 0 radical (unpaired) electrons. The smallest absolute Gasteiger partial charge is 0.247 e. The van der Waals surface area contributed by atoms with E-state index in [1.807, 2.05) is 13.8 Å². The van der Waals surface area contributed by atoms with Crippen molar-refractivity contribution in [1.82, 2.24) is 10.2 Å². The number of rotatable bonds is 4. The van der Waals surface area contributed by atoms with Crippen molar-refractivity contribution >= 4 is 11.6 Å². The van der Waals surface area contributed by atoms with Crippen LogP contribution < -0.4 is 11.1 Å². The number of carbonyl (C=O) groups excluding carboxylic acids is 1. The average Bonchev–Trinajstić information content (AvgIpc) is 2.80. The summed E-state index contributed by atoms with van der Waals surface area (Å²) in [5, 5.41) is 10.2. The van der Waals surface area contributed by atoms with Crippen molar-refractivity contribution in [3.8, 4) is 11.5 Å². The molecular weight excluding hydrogens is 244 g/mol. The van der Waals surface area contributed by atoms with Gasteiger partial charge < -0.3 is 15.5 Å². The summed E-state index contributed by atoms with van der Waals surface area (Å²) in [6.45, 7) is 3.62. The summed E-state index contributed by atoms with van der Waals surface area (Å²) in [6, 6.07) is 7.16. The minimum absolute atomic E-state index is 0.113. The normalized spacial score (nSPS) is 11.3. The van der Waals surface area contributed by atoms with E-state index in [9.17, 15) is 4.79 Å². The van der Waals surface area contributed by atoms with E-state index < -0.39 is 5.54 Å². The molecule has 3 N–H and O–H groups in total. The van der Waals surface area contributed by atoms with Crippen molar-refractivity contribution in [2.24, 2.45) is 5.73 Å². The van der Waals surface area contributed by atoms with Crippen LogP contribution >= 0.6 is 0 Å². The SMILES string of the molecule is CC(C)(N)CC(=O)Nc1ccc(-c2nnco2)cc1. The Morgan fingerprint density at radius 2 is 2.05 bits per heavy atom. The summed E-state index contributed by atoms with van der Waals surface area (Å²) in [5.41, 5.74) is 6.78. The first kappa shape index (κ1) is 13.2. The zero-order valence-corrected chi connectivity index (χ0v) is 10.9. The van der Waals surface area contributed by atoms with Gasteiger partial charge >= 0.3 is 0 Å². The van der Waals surface area contributed by atoms with E-state index in [0.717, 1.165) is 5.56 Å². The van der Waals surface area contributed by atoms with Gasteiger partial charge in [0.05, 0.1) is 0 Å². The Balaban J connectivity index is 2.01. The molecule has 0 spiro atoms. The number of benzene rings is 1. The zero-order chi connectivity index (χ0) is 13.9. The van der Waals surface area contributed by atoms with E-state index >= 15 is 0 Å². The van der Waals surface area contributed by atoms with Gasteiger partial charge in [-0.05, 0) is 38.1 Å². The fraction of sp³-hybridized carbons (Fsp3) is 0.308. The Morgan fingerprint density at radius 1 is 1.37 bits per heavy atom. The van der Waals surface area contributed by atoms with Gasteiger partial charge in [-0.3, -0.25) is 4.79 Å². The minimum atomic E-state index is -0.520. The molecule has 19 heavy (non-hydrogen) atoms. The van der Waals surface area contributed by atoms with Gasteiger partial charge in [0.2, 0.25) is 18.2 Å². The third-order valence-corrected chi connectivity index (χ3v) is 2.39. The molecule has 1 aromatic heterocycles. The van der Waals surface area contributed by atoms with Crippen molar-refractivity contribution in [2.75, 3.05) is 5.32 Å². The van der Waals surface area contributed by atoms with Crippen molar-refractivity contribution in [1.29, 1.82) is 0 Å². The van der Waals surface area contributed by atoms with E-state index in [1.165, 1.54) is 6.39 Å². The number of amides is 1. The molecule has 1 heterocycles. The maximum absolute atomic E-state index is 11.7. The second-order valence-electron chi connectivity index (χ2n) is 5.03. The molecule has 0 atom stereocenters. The number of hydrogen-bond acceptors (Lipinski definition) is 5. The second kappa shape index (κ2) is 5.19. The molecule has 0 aliphatic carbocycles. The Bertz CT molecular complexity index is 541. The van der Waals surface area contributed by atoms with Gasteiger partial charge in [0.25, 0.3) is 0 Å². The molecule has 0 saturated carbocycles. The number of nitrogens with one attached hydrogen (secondary N) is 1. The summed E-state index contributed by atoms with van der Waals surface area (Å²) in [6.07, 6.45) is 1.53. The predicted octanol–water partition coefficient (Wildman–Crippen LogP) is 1.80. The van der Waals surface area contributed by atoms with Crippen LogP contribution in [0.5, 0.6) is 0 Å². The predicted molar refractivity (Wildman–Crippen MR) is 71.2 cm³/mol. The maximum Gasteiger partial charge on any atom is 0.247 e. The van der Waals surface area contributed by atoms with E-state index in [-0.39, 0.29) is 12.3 Å². The lowest BCUT2D eigenvalue weighted by atomic mass is 10.0. The van der Waals surface area contributed by atoms with Gasteiger partial charge in [-0.2, -0.15) is 0 Å². The molecule has 6 nitrogen and oxygen atoms in total. The molecule has 0 fully saturated rings. The molecule has 0 aliphatic rings. The van der Waals surface area contributed by atoms with Gasteiger partial charge in [0.1, 0.15) is 0 Å². The van der Waals surface area contributed by atoms with Crippen LogP contribution in [0.4, 0.5) is 5.69 Å². The van der Waals surface area contributed by atoms with Crippen molar-refractivity contribution in [3.63, 3.8) is 0 Å². The Hall–Kier alpha value is -2.21. The number of hydrogen-bond donors (Lipinski definition) is 2. The van der Waals surface area contributed by atoms with Crippen LogP contribution in [0.25, 0.3) is 11.5 Å². The third kappa shape index (κ3) is 3.89. The van der Waals surface area contributed by atoms with E-state index in [0.29, 0.717) is 11.6 Å². The van der Waals surface area contributed by atoms with Crippen molar-refractivity contribution < 1.29 is 9.21 Å². The fourth-order valence-electron chi connectivity index (χ4n) is 1.61. The first-order chi connectivity index (χ1) is 8.94. The standard InChI is InChI=1S/C13H16N4O2/c1-13(2,14)7-11(18)16-10-5-3-9(4-6-10)12-17-15-8-19-12/h3-6,8H,7,14H2,1-2H3,(H,16,18). The Kier molecular flexibility index (Phi) is 3.62. The van der Waals surface area contributed by atoms with Crippen LogP contribution in [0, 0.1) is 0 Å². The highest BCUT2D eigenvalue weighted by Gasteiger charge is 2.16. The lowest BCUT2D eigenvalue weighted by Gasteiger charge is -2.17. The van der Waals surface area contributed by atoms with Crippen LogP contribution in [0.2, 0.25) is 0 Å². The summed E-state index contributed by atoms with van der Waals surface area (Å²) in [5.74, 6) is 0.332. The topological polar surface area (TPSA) is 94.0 Å². The summed E-state index contributed by atoms with van der Waals surface area (Å²) in [4.78, 5) is 11.7. The molecule has 0 saturated heterocycles. The van der Waals surface area contributed by atoms with Gasteiger partial charge in [-0.1, -0.05) is 0 Å². The Labute approximate surface area is 111 Å². The Morgan fingerprint density at radius 3 is 2.58 bits per heavy atom. The van der Waals surface area contributed by atoms with Gasteiger partial charge in [0, 0.05) is 23.2 Å². The molecule has 0 aliphatic heterocycles. The minimum Gasteiger partial charge on any atom is -0.423 e.